The molecule has 4 aliphatic rings. The number of ether oxygens (including phenoxy) is 3. The molecule has 1 aromatic heterocycles. The van der Waals surface area contributed by atoms with Crippen molar-refractivity contribution in [1.82, 2.24) is 49.8 Å². The lowest BCUT2D eigenvalue weighted by molar-refractivity contribution is -0.135. The third kappa shape index (κ3) is 15.9. The van der Waals surface area contributed by atoms with E-state index in [1.165, 1.54) is 11.0 Å². The summed E-state index contributed by atoms with van der Waals surface area (Å²) in [5.41, 5.74) is 2.24. The van der Waals surface area contributed by atoms with Crippen LogP contribution in [0, 0.1) is 11.7 Å². The Bertz CT molecular complexity index is 3270. The molecule has 4 aliphatic heterocycles. The molecule has 9 rings (SSSR count). The third-order valence-electron chi connectivity index (χ3n) is 16.6. The Morgan fingerprint density at radius 2 is 1.49 bits per heavy atom. The zero-order chi connectivity index (χ0) is 60.4. The van der Waals surface area contributed by atoms with Crippen LogP contribution in [0.5, 0.6) is 11.5 Å². The molecule has 85 heavy (non-hydrogen) atoms. The van der Waals surface area contributed by atoms with Crippen molar-refractivity contribution in [3.63, 3.8) is 0 Å². The number of likely N-dealkylation sites (tertiary alicyclic amines) is 2. The molecule has 0 spiro atoms. The smallest absolute Gasteiger partial charge is 0.411 e. The highest BCUT2D eigenvalue weighted by molar-refractivity contribution is 5.98. The zero-order valence-electron chi connectivity index (χ0n) is 49.9. The number of H-pyrrole nitrogens is 1. The van der Waals surface area contributed by atoms with Crippen molar-refractivity contribution in [2.75, 3.05) is 112 Å². The van der Waals surface area contributed by atoms with Gasteiger partial charge in [0.15, 0.2) is 0 Å². The largest absolute Gasteiger partial charge is 0.497 e. The topological polar surface area (TPSA) is 211 Å². The van der Waals surface area contributed by atoms with Gasteiger partial charge in [0.05, 0.1) is 43.4 Å². The van der Waals surface area contributed by atoms with Gasteiger partial charge >= 0.3 is 6.09 Å². The van der Waals surface area contributed by atoms with Crippen molar-refractivity contribution in [2.24, 2.45) is 5.92 Å². The Kier molecular flexibility index (Phi) is 20.2. The highest BCUT2D eigenvalue weighted by Gasteiger charge is 2.34. The summed E-state index contributed by atoms with van der Waals surface area (Å²) in [6, 6.07) is 23.6. The standard InChI is InChI=1S/C64H81FN10O10/c1-7-84-56-37-50(83-6)19-18-49(56)40-75(63(82)85-64(3,4)5)42-58(77)74-23-11-14-48(39-74)46-12-10-13-47(36-46)59(78)66-43(2)61(80)72-28-26-70(27-29-72)38-44-21-24-69(25-22-44)41-57(76)71-30-32-73(33-31-71)62(81)53-34-45(17-20-54(53)65)35-55-51-15-8-9-16-52(51)60(79)68-67-55/h8-10,12-13,15-20,34,36-37,43-44,48H,7,11,14,21-33,35,38-42H2,1-6H3,(H,66,78)(H,68,79)/t43-,48?/m1/s1. The number of carbonyl (C=O) groups excluding carboxylic acids is 6. The van der Waals surface area contributed by atoms with Gasteiger partial charge in [-0.2, -0.15) is 5.10 Å². The highest BCUT2D eigenvalue weighted by Crippen LogP contribution is 2.31. The van der Waals surface area contributed by atoms with Gasteiger partial charge in [-0.1, -0.05) is 36.4 Å². The van der Waals surface area contributed by atoms with Crippen LogP contribution in [0.15, 0.2) is 89.7 Å². The second-order valence-electron chi connectivity index (χ2n) is 23.8. The van der Waals surface area contributed by atoms with Crippen LogP contribution in [0.3, 0.4) is 0 Å². The Morgan fingerprint density at radius 3 is 2.21 bits per heavy atom. The van der Waals surface area contributed by atoms with Crippen LogP contribution in [0.25, 0.3) is 10.8 Å². The number of amides is 6. The summed E-state index contributed by atoms with van der Waals surface area (Å²) >= 11 is 0. The molecule has 4 fully saturated rings. The number of carbonyl (C=O) groups is 6. The van der Waals surface area contributed by atoms with Gasteiger partial charge in [0.2, 0.25) is 17.7 Å². The predicted octanol–water partition coefficient (Wildman–Crippen LogP) is 6.16. The number of aromatic amines is 1. The number of hydrogen-bond acceptors (Lipinski definition) is 13. The molecule has 0 bridgehead atoms. The molecule has 0 aliphatic carbocycles. The van der Waals surface area contributed by atoms with E-state index in [1.54, 1.807) is 92.0 Å². The number of halogens is 1. The molecule has 4 saturated heterocycles. The summed E-state index contributed by atoms with van der Waals surface area (Å²) in [6.07, 6.45) is 3.14. The minimum atomic E-state index is -0.782. The minimum Gasteiger partial charge on any atom is -0.497 e. The summed E-state index contributed by atoms with van der Waals surface area (Å²) in [5, 5.41) is 10.9. The van der Waals surface area contributed by atoms with Crippen LogP contribution < -0.4 is 20.3 Å². The molecule has 5 aromatic rings. The van der Waals surface area contributed by atoms with Gasteiger partial charge in [-0.25, -0.2) is 14.3 Å². The second-order valence-corrected chi connectivity index (χ2v) is 23.8. The van der Waals surface area contributed by atoms with E-state index in [0.29, 0.717) is 123 Å². The molecule has 0 radical (unpaired) electrons. The summed E-state index contributed by atoms with van der Waals surface area (Å²) in [7, 11) is 1.57. The second kappa shape index (κ2) is 27.9. The fourth-order valence-corrected chi connectivity index (χ4v) is 11.9. The van der Waals surface area contributed by atoms with Crippen molar-refractivity contribution >= 4 is 46.4 Å². The Labute approximate surface area is 496 Å². The molecule has 21 heteroatoms. The summed E-state index contributed by atoms with van der Waals surface area (Å²) in [4.78, 5) is 107. The number of piperidine rings is 2. The van der Waals surface area contributed by atoms with Crippen molar-refractivity contribution in [3.05, 3.63) is 135 Å². The predicted molar refractivity (Wildman–Crippen MR) is 319 cm³/mol. The molecule has 2 atom stereocenters. The summed E-state index contributed by atoms with van der Waals surface area (Å²) in [5.74, 6) is -0.159. The van der Waals surface area contributed by atoms with Crippen LogP contribution in [-0.4, -0.2) is 204 Å². The quantitative estimate of drug-likeness (QED) is 0.101. The van der Waals surface area contributed by atoms with E-state index < -0.39 is 29.5 Å². The van der Waals surface area contributed by atoms with E-state index in [4.69, 9.17) is 14.2 Å². The van der Waals surface area contributed by atoms with E-state index >= 15 is 4.39 Å². The average molecular weight is 1170 g/mol. The average Bonchev–Trinajstić information content (AvgIpc) is 3.30. The fraction of sp³-hybridized carbons (Fsp3) is 0.500. The lowest BCUT2D eigenvalue weighted by atomic mass is 9.89. The molecule has 454 valence electrons. The molecule has 6 amide bonds. The van der Waals surface area contributed by atoms with Crippen LogP contribution >= 0.6 is 0 Å². The van der Waals surface area contributed by atoms with E-state index in [2.05, 4.69) is 25.3 Å². The van der Waals surface area contributed by atoms with Crippen LogP contribution in [0.4, 0.5) is 9.18 Å². The summed E-state index contributed by atoms with van der Waals surface area (Å²) in [6.45, 7) is 16.9. The Balaban J connectivity index is 0.682. The fourth-order valence-electron chi connectivity index (χ4n) is 11.9. The molecule has 4 aromatic carbocycles. The van der Waals surface area contributed by atoms with Gasteiger partial charge in [0.25, 0.3) is 17.4 Å². The number of nitrogens with one attached hydrogen (secondary N) is 2. The van der Waals surface area contributed by atoms with E-state index in [9.17, 15) is 33.6 Å². The Hall–Kier alpha value is -7.91. The van der Waals surface area contributed by atoms with Crippen molar-refractivity contribution in [3.8, 4) is 11.5 Å². The van der Waals surface area contributed by atoms with Gasteiger partial charge in [0, 0.05) is 107 Å². The number of rotatable bonds is 18. The SMILES string of the molecule is CCOc1cc(OC)ccc1CN(CC(=O)N1CCCC(c2cccc(C(=O)N[C@H](C)C(=O)N3CCN(CC4CCN(CC(=O)N5CCN(C(=O)c6cc(Cc7n[nH]c(=O)c8ccccc78)ccc6F)CC5)CC4)CC3)c2)C1)C(=O)OC(C)(C)C. The van der Waals surface area contributed by atoms with E-state index in [-0.39, 0.29) is 53.8 Å². The first-order valence-corrected chi connectivity index (χ1v) is 29.8. The van der Waals surface area contributed by atoms with Crippen LogP contribution in [-0.2, 0) is 32.1 Å². The maximum absolute atomic E-state index is 15.1. The minimum absolute atomic E-state index is 0.0162. The van der Waals surface area contributed by atoms with Gasteiger partial charge < -0.3 is 39.1 Å². The number of nitrogens with zero attached hydrogens (tertiary/aromatic N) is 8. The molecule has 2 N–H and O–H groups in total. The lowest BCUT2D eigenvalue weighted by Crippen LogP contribution is -2.55. The van der Waals surface area contributed by atoms with Crippen molar-refractivity contribution in [2.45, 2.75) is 90.8 Å². The Morgan fingerprint density at radius 1 is 0.776 bits per heavy atom. The number of hydrogen-bond donors (Lipinski definition) is 2. The van der Waals surface area contributed by atoms with Crippen LogP contribution in [0.1, 0.15) is 109 Å². The first kappa shape index (κ1) is 61.6. The number of fused-ring (bicyclic) bond motifs is 1. The molecule has 5 heterocycles. The van der Waals surface area contributed by atoms with Crippen molar-refractivity contribution < 1.29 is 47.4 Å². The number of piperazine rings is 2. The maximum atomic E-state index is 15.1. The first-order chi connectivity index (χ1) is 40.8. The number of benzene rings is 4. The zero-order valence-corrected chi connectivity index (χ0v) is 49.9. The van der Waals surface area contributed by atoms with E-state index in [1.807, 2.05) is 48.2 Å². The van der Waals surface area contributed by atoms with Gasteiger partial charge in [-0.05, 0) is 133 Å². The maximum Gasteiger partial charge on any atom is 0.411 e. The molecular weight excluding hydrogens is 1090 g/mol. The summed E-state index contributed by atoms with van der Waals surface area (Å²) < 4.78 is 32.2. The monoisotopic (exact) mass is 1170 g/mol. The first-order valence-electron chi connectivity index (χ1n) is 29.8. The lowest BCUT2D eigenvalue weighted by Gasteiger charge is -2.40. The van der Waals surface area contributed by atoms with E-state index in [0.717, 1.165) is 64.0 Å². The van der Waals surface area contributed by atoms with Crippen LogP contribution in [0.2, 0.25) is 0 Å². The molecular formula is C64H81FN10O10. The van der Waals surface area contributed by atoms with Gasteiger partial charge in [-0.3, -0.25) is 43.5 Å². The third-order valence-corrected chi connectivity index (χ3v) is 16.6. The molecule has 1 unspecified atom stereocenters. The number of methoxy groups -OCH3 is 1. The number of aromatic nitrogens is 2. The van der Waals surface area contributed by atoms with Crippen molar-refractivity contribution in [1.29, 1.82) is 0 Å². The van der Waals surface area contributed by atoms with Gasteiger partial charge in [0.1, 0.15) is 35.5 Å². The van der Waals surface area contributed by atoms with Gasteiger partial charge in [-0.15, -0.1) is 0 Å². The molecule has 0 saturated carbocycles. The normalized spacial score (nSPS) is 17.8. The molecule has 20 nitrogen and oxygen atoms in total. The highest BCUT2D eigenvalue weighted by atomic mass is 19.1.